The van der Waals surface area contributed by atoms with Crippen LogP contribution in [0.15, 0.2) is 35.6 Å². The Kier molecular flexibility index (Phi) is 4.04. The fourth-order valence-electron chi connectivity index (χ4n) is 2.88. The lowest BCUT2D eigenvalue weighted by Gasteiger charge is -2.09. The first-order valence-corrected chi connectivity index (χ1v) is 8.87. The predicted octanol–water partition coefficient (Wildman–Crippen LogP) is 1.84. The first kappa shape index (κ1) is 17.0. The van der Waals surface area contributed by atoms with Crippen LogP contribution in [0.1, 0.15) is 20.8 Å². The van der Waals surface area contributed by atoms with E-state index in [-0.39, 0.29) is 11.5 Å². The number of fused-ring (bicyclic) bond motifs is 1. The smallest absolute Gasteiger partial charge is 0.266 e. The Morgan fingerprint density at radius 1 is 1.22 bits per heavy atom. The van der Waals surface area contributed by atoms with Crippen molar-refractivity contribution in [3.63, 3.8) is 0 Å². The highest BCUT2D eigenvalue weighted by atomic mass is 32.1. The largest absolute Gasteiger partial charge is 0.321 e. The van der Waals surface area contributed by atoms with E-state index in [9.17, 15) is 9.59 Å². The Labute approximate surface area is 157 Å². The van der Waals surface area contributed by atoms with E-state index in [4.69, 9.17) is 0 Å². The van der Waals surface area contributed by atoms with E-state index >= 15 is 0 Å². The number of anilines is 1. The molecule has 27 heavy (non-hydrogen) atoms. The number of aryl methyl sites for hydroxylation is 3. The van der Waals surface area contributed by atoms with Gasteiger partial charge in [0.1, 0.15) is 11.2 Å². The molecule has 3 aromatic heterocycles. The molecule has 0 saturated carbocycles. The number of carbonyl (C=O) groups is 1. The number of tetrazole rings is 1. The highest BCUT2D eigenvalue weighted by Gasteiger charge is 2.19. The number of benzene rings is 1. The highest BCUT2D eigenvalue weighted by Crippen LogP contribution is 2.28. The molecule has 4 aromatic rings. The zero-order valence-electron chi connectivity index (χ0n) is 14.8. The molecule has 0 unspecified atom stereocenters. The van der Waals surface area contributed by atoms with Gasteiger partial charge in [-0.1, -0.05) is 0 Å². The Morgan fingerprint density at radius 3 is 2.74 bits per heavy atom. The summed E-state index contributed by atoms with van der Waals surface area (Å²) in [6, 6.07) is 5.45. The van der Waals surface area contributed by atoms with Crippen LogP contribution in [0.5, 0.6) is 0 Å². The molecular weight excluding hydrogens is 366 g/mol. The quantitative estimate of drug-likeness (QED) is 0.580. The lowest BCUT2D eigenvalue weighted by molar-refractivity contribution is 0.103. The molecule has 136 valence electrons. The maximum absolute atomic E-state index is 12.8. The van der Waals surface area contributed by atoms with Crippen LogP contribution in [0, 0.1) is 13.8 Å². The number of nitrogens with one attached hydrogen (secondary N) is 1. The second-order valence-corrected chi connectivity index (χ2v) is 7.11. The first-order valence-electron chi connectivity index (χ1n) is 8.06. The molecule has 0 spiro atoms. The van der Waals surface area contributed by atoms with Gasteiger partial charge in [-0.3, -0.25) is 9.59 Å². The number of aromatic nitrogens is 6. The van der Waals surface area contributed by atoms with E-state index in [0.717, 1.165) is 11.3 Å². The molecule has 0 aliphatic heterocycles. The van der Waals surface area contributed by atoms with Gasteiger partial charge in [-0.25, -0.2) is 9.67 Å². The maximum atomic E-state index is 12.8. The van der Waals surface area contributed by atoms with E-state index in [1.54, 1.807) is 24.7 Å². The summed E-state index contributed by atoms with van der Waals surface area (Å²) < 4.78 is 2.96. The van der Waals surface area contributed by atoms with Gasteiger partial charge in [0.15, 0.2) is 0 Å². The van der Waals surface area contributed by atoms with Crippen molar-refractivity contribution >= 4 is 33.1 Å². The van der Waals surface area contributed by atoms with Crippen molar-refractivity contribution in [1.29, 1.82) is 0 Å². The van der Waals surface area contributed by atoms with Crippen molar-refractivity contribution in [2.45, 2.75) is 13.8 Å². The molecule has 4 rings (SSSR count). The van der Waals surface area contributed by atoms with Crippen LogP contribution in [0.25, 0.3) is 15.9 Å². The van der Waals surface area contributed by atoms with E-state index in [2.05, 4.69) is 25.8 Å². The minimum Gasteiger partial charge on any atom is -0.321 e. The molecule has 0 saturated heterocycles. The number of rotatable bonds is 3. The second kappa shape index (κ2) is 6.40. The van der Waals surface area contributed by atoms with Crippen LogP contribution in [-0.2, 0) is 7.05 Å². The summed E-state index contributed by atoms with van der Waals surface area (Å²) >= 11 is 1.21. The number of nitrogens with zero attached hydrogens (tertiary/aromatic N) is 6. The fraction of sp³-hybridized carbons (Fsp3) is 0.176. The Bertz CT molecular complexity index is 1220. The number of carbonyl (C=O) groups excluding carboxylic acids is 1. The molecule has 0 atom stereocenters. The van der Waals surface area contributed by atoms with Crippen LogP contribution in [0.2, 0.25) is 0 Å². The summed E-state index contributed by atoms with van der Waals surface area (Å²) in [6.07, 6.45) is 2.97. The molecule has 1 amide bonds. The molecule has 3 heterocycles. The molecule has 0 aliphatic carbocycles. The molecule has 0 radical (unpaired) electrons. The standard InChI is InChI=1S/C17H15N7O2S/c1-9-6-11(4-5-12(9)24-8-19-21-22-24)20-15(25)14-10(2)13-16(27-14)18-7-23(3)17(13)26/h4-8H,1-3H3,(H,20,25). The van der Waals surface area contributed by atoms with Gasteiger partial charge in [0, 0.05) is 12.7 Å². The predicted molar refractivity (Wildman–Crippen MR) is 101 cm³/mol. The van der Waals surface area contributed by atoms with Gasteiger partial charge < -0.3 is 9.88 Å². The van der Waals surface area contributed by atoms with Crippen molar-refractivity contribution < 1.29 is 4.79 Å². The number of amides is 1. The lowest BCUT2D eigenvalue weighted by Crippen LogP contribution is -2.17. The van der Waals surface area contributed by atoms with E-state index < -0.39 is 0 Å². The summed E-state index contributed by atoms with van der Waals surface area (Å²) in [5, 5.41) is 14.5. The minimum absolute atomic E-state index is 0.158. The van der Waals surface area contributed by atoms with Gasteiger partial charge in [-0.2, -0.15) is 0 Å². The zero-order valence-corrected chi connectivity index (χ0v) is 15.6. The van der Waals surface area contributed by atoms with Gasteiger partial charge in [0.2, 0.25) is 0 Å². The monoisotopic (exact) mass is 381 g/mol. The third kappa shape index (κ3) is 2.89. The Balaban J connectivity index is 1.66. The summed E-state index contributed by atoms with van der Waals surface area (Å²) in [6.45, 7) is 3.67. The normalized spacial score (nSPS) is 11.1. The summed E-state index contributed by atoms with van der Waals surface area (Å²) in [5.41, 5.74) is 2.86. The number of hydrogen-bond donors (Lipinski definition) is 1. The summed E-state index contributed by atoms with van der Waals surface area (Å²) in [4.78, 5) is 30.4. The van der Waals surface area contributed by atoms with Crippen LogP contribution in [0.3, 0.4) is 0 Å². The van der Waals surface area contributed by atoms with Crippen LogP contribution >= 0.6 is 11.3 Å². The van der Waals surface area contributed by atoms with Crippen molar-refractivity contribution in [3.8, 4) is 5.69 Å². The van der Waals surface area contributed by atoms with Crippen LogP contribution < -0.4 is 10.9 Å². The topological polar surface area (TPSA) is 108 Å². The highest BCUT2D eigenvalue weighted by molar-refractivity contribution is 7.20. The molecule has 0 aliphatic rings. The van der Waals surface area contributed by atoms with Gasteiger partial charge in [-0.15, -0.1) is 16.4 Å². The second-order valence-electron chi connectivity index (χ2n) is 6.11. The Hall–Kier alpha value is -3.40. The number of hydrogen-bond acceptors (Lipinski definition) is 7. The van der Waals surface area contributed by atoms with Gasteiger partial charge in [0.25, 0.3) is 11.5 Å². The van der Waals surface area contributed by atoms with Crippen LogP contribution in [-0.4, -0.2) is 35.7 Å². The minimum atomic E-state index is -0.271. The first-order chi connectivity index (χ1) is 13.0. The molecular formula is C17H15N7O2S. The molecule has 9 nitrogen and oxygen atoms in total. The summed E-state index contributed by atoms with van der Waals surface area (Å²) in [7, 11) is 1.64. The molecule has 1 N–H and O–H groups in total. The summed E-state index contributed by atoms with van der Waals surface area (Å²) in [5.74, 6) is -0.271. The SMILES string of the molecule is Cc1cc(NC(=O)c2sc3ncn(C)c(=O)c3c2C)ccc1-n1cnnn1. The molecule has 1 aromatic carbocycles. The fourth-order valence-corrected chi connectivity index (χ4v) is 3.91. The van der Waals surface area contributed by atoms with Gasteiger partial charge >= 0.3 is 0 Å². The van der Waals surface area contributed by atoms with E-state index in [1.165, 1.54) is 28.6 Å². The lowest BCUT2D eigenvalue weighted by atomic mass is 10.1. The third-order valence-corrected chi connectivity index (χ3v) is 5.47. The van der Waals surface area contributed by atoms with Crippen molar-refractivity contribution in [2.75, 3.05) is 5.32 Å². The van der Waals surface area contributed by atoms with Crippen molar-refractivity contribution in [1.82, 2.24) is 29.8 Å². The number of thiophene rings is 1. The van der Waals surface area contributed by atoms with E-state index in [1.807, 2.05) is 19.1 Å². The Morgan fingerprint density at radius 2 is 2.04 bits per heavy atom. The average Bonchev–Trinajstić information content (AvgIpc) is 3.27. The average molecular weight is 381 g/mol. The van der Waals surface area contributed by atoms with Gasteiger partial charge in [-0.05, 0) is 53.6 Å². The third-order valence-electron chi connectivity index (χ3n) is 4.27. The molecule has 0 fully saturated rings. The van der Waals surface area contributed by atoms with Crippen molar-refractivity contribution in [2.24, 2.45) is 7.05 Å². The van der Waals surface area contributed by atoms with Crippen molar-refractivity contribution in [3.05, 3.63) is 57.2 Å². The molecule has 0 bridgehead atoms. The molecule has 10 heteroatoms. The zero-order chi connectivity index (χ0) is 19.1. The maximum Gasteiger partial charge on any atom is 0.266 e. The van der Waals surface area contributed by atoms with Crippen LogP contribution in [0.4, 0.5) is 5.69 Å². The van der Waals surface area contributed by atoms with E-state index in [0.29, 0.717) is 26.3 Å². The van der Waals surface area contributed by atoms with Gasteiger partial charge in [0.05, 0.1) is 22.3 Å².